The van der Waals surface area contributed by atoms with Gasteiger partial charge in [0.2, 0.25) is 0 Å². The van der Waals surface area contributed by atoms with Crippen LogP contribution < -0.4 is 5.32 Å². The Morgan fingerprint density at radius 2 is 2.10 bits per heavy atom. The van der Waals surface area contributed by atoms with Crippen LogP contribution in [0.1, 0.15) is 41.3 Å². The van der Waals surface area contributed by atoms with Crippen molar-refractivity contribution in [1.29, 1.82) is 5.26 Å². The van der Waals surface area contributed by atoms with Gasteiger partial charge in [-0.15, -0.1) is 0 Å². The quantitative estimate of drug-likeness (QED) is 0.938. The second kappa shape index (κ2) is 5.01. The summed E-state index contributed by atoms with van der Waals surface area (Å²) < 4.78 is 2.12. The number of hydrogen-bond acceptors (Lipinski definition) is 3. The lowest BCUT2D eigenvalue weighted by Crippen LogP contribution is -2.24. The molecule has 0 saturated heterocycles. The van der Waals surface area contributed by atoms with Gasteiger partial charge in [-0.25, -0.2) is 4.68 Å². The summed E-state index contributed by atoms with van der Waals surface area (Å²) in [6.45, 7) is 1.98. The van der Waals surface area contributed by atoms with Crippen LogP contribution in [0, 0.1) is 11.3 Å². The summed E-state index contributed by atoms with van der Waals surface area (Å²) >= 11 is 0. The van der Waals surface area contributed by atoms with Crippen molar-refractivity contribution in [3.8, 4) is 11.8 Å². The molecular weight excluding hydrogens is 260 g/mol. The van der Waals surface area contributed by atoms with Gasteiger partial charge in [0.1, 0.15) is 0 Å². The van der Waals surface area contributed by atoms with E-state index in [1.54, 1.807) is 0 Å². The van der Waals surface area contributed by atoms with Gasteiger partial charge in [0.05, 0.1) is 29.6 Å². The molecule has 0 unspecified atom stereocenters. The van der Waals surface area contributed by atoms with Crippen molar-refractivity contribution >= 4 is 0 Å². The Bertz CT molecular complexity index is 702. The van der Waals surface area contributed by atoms with E-state index < -0.39 is 0 Å². The zero-order valence-corrected chi connectivity index (χ0v) is 12.0. The Morgan fingerprint density at radius 1 is 1.29 bits per heavy atom. The highest BCUT2D eigenvalue weighted by atomic mass is 15.3. The first-order valence-electron chi connectivity index (χ1n) is 7.64. The number of nitrogens with zero attached hydrogens (tertiary/aromatic N) is 3. The van der Waals surface area contributed by atoms with Crippen molar-refractivity contribution in [2.45, 2.75) is 38.1 Å². The fourth-order valence-corrected chi connectivity index (χ4v) is 3.12. The zero-order chi connectivity index (χ0) is 14.2. The number of nitrogens with one attached hydrogen (secondary N) is 1. The number of aromatic nitrogens is 2. The fraction of sp³-hybridized carbons (Fsp3) is 0.412. The van der Waals surface area contributed by atoms with E-state index in [0.29, 0.717) is 12.3 Å². The van der Waals surface area contributed by atoms with Gasteiger partial charge >= 0.3 is 0 Å². The van der Waals surface area contributed by atoms with Crippen molar-refractivity contribution in [2.24, 2.45) is 0 Å². The largest absolute Gasteiger partial charge is 0.312 e. The van der Waals surface area contributed by atoms with E-state index in [4.69, 9.17) is 10.4 Å². The average Bonchev–Trinajstić information content (AvgIpc) is 3.30. The second-order valence-corrected chi connectivity index (χ2v) is 5.92. The van der Waals surface area contributed by atoms with Gasteiger partial charge in [0.25, 0.3) is 0 Å². The summed E-state index contributed by atoms with van der Waals surface area (Å²) in [5.41, 5.74) is 6.26. The van der Waals surface area contributed by atoms with Crippen LogP contribution in [-0.2, 0) is 19.4 Å². The molecule has 1 aromatic carbocycles. The molecule has 1 fully saturated rings. The third-order valence-corrected chi connectivity index (χ3v) is 4.39. The van der Waals surface area contributed by atoms with Crippen LogP contribution in [0.5, 0.6) is 0 Å². The number of fused-ring (bicyclic) bond motifs is 1. The molecule has 4 heteroatoms. The highest BCUT2D eigenvalue weighted by Gasteiger charge is 2.32. The molecule has 4 nitrogen and oxygen atoms in total. The standard InChI is InChI=1S/C17H18N4/c18-9-7-12-1-5-14(6-2-12)21-16-8-10-19-11-15(16)17(20-21)13-3-4-13/h1-2,5-6,13,19H,3-4,7-8,10-11H2. The molecule has 21 heavy (non-hydrogen) atoms. The summed E-state index contributed by atoms with van der Waals surface area (Å²) in [5, 5.41) is 17.1. The molecule has 1 aromatic heterocycles. The zero-order valence-electron chi connectivity index (χ0n) is 12.0. The molecule has 106 valence electrons. The van der Waals surface area contributed by atoms with Crippen LogP contribution in [0.2, 0.25) is 0 Å². The molecule has 2 aliphatic rings. The first kappa shape index (κ1) is 12.6. The summed E-state index contributed by atoms with van der Waals surface area (Å²) in [7, 11) is 0. The lowest BCUT2D eigenvalue weighted by Gasteiger charge is -2.15. The van der Waals surface area contributed by atoms with Crippen molar-refractivity contribution in [3.05, 3.63) is 46.8 Å². The Labute approximate surface area is 124 Å². The minimum atomic E-state index is 0.467. The van der Waals surface area contributed by atoms with Crippen LogP contribution in [0.15, 0.2) is 24.3 Å². The summed E-state index contributed by atoms with van der Waals surface area (Å²) in [4.78, 5) is 0. The normalized spacial score (nSPS) is 17.3. The number of rotatable bonds is 3. The fourth-order valence-electron chi connectivity index (χ4n) is 3.12. The monoisotopic (exact) mass is 278 g/mol. The van der Waals surface area contributed by atoms with Gasteiger partial charge in [-0.3, -0.25) is 0 Å². The van der Waals surface area contributed by atoms with E-state index in [1.165, 1.54) is 29.8 Å². The van der Waals surface area contributed by atoms with E-state index in [9.17, 15) is 0 Å². The van der Waals surface area contributed by atoms with E-state index in [-0.39, 0.29) is 0 Å². The minimum absolute atomic E-state index is 0.467. The van der Waals surface area contributed by atoms with Crippen LogP contribution >= 0.6 is 0 Å². The van der Waals surface area contributed by atoms with Gasteiger partial charge in [0.15, 0.2) is 0 Å². The Hall–Kier alpha value is -2.12. The molecule has 1 saturated carbocycles. The maximum absolute atomic E-state index is 8.76. The Kier molecular flexibility index (Phi) is 3.01. The molecule has 1 N–H and O–H groups in total. The molecule has 2 heterocycles. The predicted octanol–water partition coefficient (Wildman–Crippen LogP) is 2.46. The molecule has 4 rings (SSSR count). The number of benzene rings is 1. The maximum Gasteiger partial charge on any atom is 0.0707 e. The molecule has 1 aliphatic heterocycles. The Morgan fingerprint density at radius 3 is 2.81 bits per heavy atom. The predicted molar refractivity (Wildman–Crippen MR) is 80.3 cm³/mol. The lowest BCUT2D eigenvalue weighted by atomic mass is 10.0. The van der Waals surface area contributed by atoms with Gasteiger partial charge in [0, 0.05) is 31.0 Å². The molecule has 2 aromatic rings. The maximum atomic E-state index is 8.76. The van der Waals surface area contributed by atoms with Crippen LogP contribution in [0.3, 0.4) is 0 Å². The van der Waals surface area contributed by atoms with Crippen LogP contribution in [0.4, 0.5) is 0 Å². The smallest absolute Gasteiger partial charge is 0.0707 e. The van der Waals surface area contributed by atoms with Crippen molar-refractivity contribution in [2.75, 3.05) is 6.54 Å². The van der Waals surface area contributed by atoms with Gasteiger partial charge in [-0.1, -0.05) is 12.1 Å². The van der Waals surface area contributed by atoms with Crippen molar-refractivity contribution in [3.63, 3.8) is 0 Å². The third kappa shape index (κ3) is 2.24. The lowest BCUT2D eigenvalue weighted by molar-refractivity contribution is 0.621. The average molecular weight is 278 g/mol. The summed E-state index contributed by atoms with van der Waals surface area (Å²) in [5.74, 6) is 0.678. The van der Waals surface area contributed by atoms with Gasteiger partial charge in [-0.05, 0) is 30.5 Å². The summed E-state index contributed by atoms with van der Waals surface area (Å²) in [6, 6.07) is 10.4. The Balaban J connectivity index is 1.75. The number of hydrogen-bond donors (Lipinski definition) is 1. The molecule has 1 aliphatic carbocycles. The molecule has 0 atom stereocenters. The van der Waals surface area contributed by atoms with Crippen LogP contribution in [-0.4, -0.2) is 16.3 Å². The summed E-state index contributed by atoms with van der Waals surface area (Å²) in [6.07, 6.45) is 4.07. The molecule has 0 radical (unpaired) electrons. The second-order valence-electron chi connectivity index (χ2n) is 5.92. The topological polar surface area (TPSA) is 53.6 Å². The third-order valence-electron chi connectivity index (χ3n) is 4.39. The van der Waals surface area contributed by atoms with Gasteiger partial charge < -0.3 is 5.32 Å². The van der Waals surface area contributed by atoms with Gasteiger partial charge in [-0.2, -0.15) is 10.4 Å². The molecular formula is C17H18N4. The highest BCUT2D eigenvalue weighted by molar-refractivity contribution is 5.42. The SMILES string of the molecule is N#CCc1ccc(-n2nc(C3CC3)c3c2CCNC3)cc1. The highest BCUT2D eigenvalue weighted by Crippen LogP contribution is 2.42. The first-order chi connectivity index (χ1) is 10.4. The van der Waals surface area contributed by atoms with Crippen molar-refractivity contribution < 1.29 is 0 Å². The van der Waals surface area contributed by atoms with E-state index in [2.05, 4.69) is 28.2 Å². The minimum Gasteiger partial charge on any atom is -0.312 e. The molecule has 0 amide bonds. The van der Waals surface area contributed by atoms with Crippen LogP contribution in [0.25, 0.3) is 5.69 Å². The molecule has 0 spiro atoms. The van der Waals surface area contributed by atoms with E-state index in [0.717, 1.165) is 30.8 Å². The van der Waals surface area contributed by atoms with Crippen molar-refractivity contribution in [1.82, 2.24) is 15.1 Å². The first-order valence-corrected chi connectivity index (χ1v) is 7.64. The van der Waals surface area contributed by atoms with E-state index >= 15 is 0 Å². The van der Waals surface area contributed by atoms with E-state index in [1.807, 2.05) is 12.1 Å². The molecule has 0 bridgehead atoms. The number of nitriles is 1.